The first-order valence-corrected chi connectivity index (χ1v) is 18.4. The Morgan fingerprint density at radius 1 is 0.774 bits per heavy atom. The number of nitrogens with one attached hydrogen (secondary N) is 1. The lowest BCUT2D eigenvalue weighted by Gasteiger charge is -2.22. The number of rotatable bonds is 8. The Kier molecular flexibility index (Phi) is 11.4. The zero-order valence-electron chi connectivity index (χ0n) is 31.6. The summed E-state index contributed by atoms with van der Waals surface area (Å²) in [6.07, 6.45) is 18.9. The summed E-state index contributed by atoms with van der Waals surface area (Å²) >= 11 is 0. The first-order chi connectivity index (χ1) is 25.8. The molecule has 0 radical (unpaired) electrons. The second kappa shape index (κ2) is 16.5. The molecule has 0 atom stereocenters. The van der Waals surface area contributed by atoms with Crippen LogP contribution in [0.1, 0.15) is 73.1 Å². The van der Waals surface area contributed by atoms with E-state index in [-0.39, 0.29) is 5.41 Å². The molecule has 264 valence electrons. The van der Waals surface area contributed by atoms with Crippen molar-refractivity contribution in [3.63, 3.8) is 0 Å². The van der Waals surface area contributed by atoms with Crippen LogP contribution in [0.15, 0.2) is 177 Å². The molecule has 5 aromatic rings. The van der Waals surface area contributed by atoms with Gasteiger partial charge in [-0.05, 0) is 106 Å². The normalized spacial score (nSPS) is 15.5. The lowest BCUT2D eigenvalue weighted by molar-refractivity contribution is 0.480. The standard InChI is InChI=1S/C30H31N.C21H18O/c1-5-10-24(11-6-2)25-15-19-27(20-16-25)31-28-21-17-26(18-22-28)30(12-7-3)29-14-9-8-13-23(29)4;1-14-8-6-7-13-22-20-15(14)11-12-18-19(20)16-9-4-5-10-17(16)21(18,2)3/h5-6,8-22,31H,1,7H2,2-4H3;4-13H,1H2,2-3H3/b11-6-,24-10+,30-12-;8-6-,13-7-. The second-order valence-corrected chi connectivity index (χ2v) is 13.8. The molecular formula is C51H49NO. The van der Waals surface area contributed by atoms with Crippen LogP contribution in [-0.4, -0.2) is 0 Å². The van der Waals surface area contributed by atoms with Crippen LogP contribution in [0.4, 0.5) is 11.4 Å². The third kappa shape index (κ3) is 7.88. The van der Waals surface area contributed by atoms with Crippen LogP contribution in [0.2, 0.25) is 0 Å². The number of benzene rings is 5. The average molecular weight is 692 g/mol. The van der Waals surface area contributed by atoms with Gasteiger partial charge in [-0.25, -0.2) is 0 Å². The van der Waals surface area contributed by atoms with Crippen molar-refractivity contribution in [2.45, 2.75) is 46.5 Å². The average Bonchev–Trinajstić information content (AvgIpc) is 3.40. The molecule has 0 bridgehead atoms. The highest BCUT2D eigenvalue weighted by molar-refractivity contribution is 5.91. The van der Waals surface area contributed by atoms with Gasteiger partial charge in [-0.3, -0.25) is 0 Å². The maximum atomic E-state index is 6.00. The Labute approximate surface area is 316 Å². The topological polar surface area (TPSA) is 21.3 Å². The molecule has 2 heteroatoms. The summed E-state index contributed by atoms with van der Waals surface area (Å²) in [4.78, 5) is 0. The van der Waals surface area contributed by atoms with E-state index in [1.165, 1.54) is 50.1 Å². The molecule has 0 saturated carbocycles. The molecule has 0 amide bonds. The van der Waals surface area contributed by atoms with Crippen molar-refractivity contribution >= 4 is 28.1 Å². The van der Waals surface area contributed by atoms with Gasteiger partial charge < -0.3 is 10.1 Å². The highest BCUT2D eigenvalue weighted by Gasteiger charge is 2.38. The molecule has 1 aliphatic heterocycles. The SMILES string of the molecule is C=C/C=C(\C=C/C)c1ccc(Nc2ccc(/C(=C/CC)c3ccccc3C)cc2)cc1.C=C1/C=C\C=C/Oc2c1ccc1c2-c2ccccc2C1(C)C. The number of hydrogen-bond donors (Lipinski definition) is 1. The minimum absolute atomic E-state index is 0.00638. The van der Waals surface area contributed by atoms with Crippen LogP contribution in [-0.2, 0) is 5.41 Å². The minimum Gasteiger partial charge on any atom is -0.464 e. The number of hydrogen-bond acceptors (Lipinski definition) is 2. The summed E-state index contributed by atoms with van der Waals surface area (Å²) in [6, 6.07) is 38.7. The summed E-state index contributed by atoms with van der Waals surface area (Å²) in [7, 11) is 0. The molecule has 1 heterocycles. The van der Waals surface area contributed by atoms with Gasteiger partial charge in [0.15, 0.2) is 0 Å². The molecule has 0 fully saturated rings. The predicted octanol–water partition coefficient (Wildman–Crippen LogP) is 14.2. The van der Waals surface area contributed by atoms with E-state index in [4.69, 9.17) is 4.74 Å². The van der Waals surface area contributed by atoms with E-state index in [0.29, 0.717) is 0 Å². The van der Waals surface area contributed by atoms with Gasteiger partial charge >= 0.3 is 0 Å². The highest BCUT2D eigenvalue weighted by Crippen LogP contribution is 2.54. The van der Waals surface area contributed by atoms with E-state index in [0.717, 1.165) is 40.3 Å². The van der Waals surface area contributed by atoms with E-state index in [2.05, 4.69) is 168 Å². The molecular weight excluding hydrogens is 643 g/mol. The molecule has 0 spiro atoms. The van der Waals surface area contributed by atoms with Crippen molar-refractivity contribution in [3.8, 4) is 16.9 Å². The molecule has 1 aliphatic carbocycles. The molecule has 2 aliphatic rings. The Hall–Kier alpha value is -6.12. The largest absolute Gasteiger partial charge is 0.464 e. The summed E-state index contributed by atoms with van der Waals surface area (Å²) in [5, 5.41) is 3.51. The quantitative estimate of drug-likeness (QED) is 0.164. The molecule has 53 heavy (non-hydrogen) atoms. The molecule has 0 unspecified atom stereocenters. The Balaban J connectivity index is 0.000000191. The predicted molar refractivity (Wildman–Crippen MR) is 230 cm³/mol. The van der Waals surface area contributed by atoms with Crippen LogP contribution in [0.25, 0.3) is 27.8 Å². The van der Waals surface area contributed by atoms with E-state index in [1.54, 1.807) is 6.26 Å². The van der Waals surface area contributed by atoms with Gasteiger partial charge in [-0.2, -0.15) is 0 Å². The summed E-state index contributed by atoms with van der Waals surface area (Å²) < 4.78 is 6.00. The van der Waals surface area contributed by atoms with Gasteiger partial charge in [-0.15, -0.1) is 0 Å². The van der Waals surface area contributed by atoms with Gasteiger partial charge in [0, 0.05) is 27.9 Å². The van der Waals surface area contributed by atoms with Crippen molar-refractivity contribution in [1.29, 1.82) is 0 Å². The summed E-state index contributed by atoms with van der Waals surface area (Å²) in [5.74, 6) is 0.918. The number of ether oxygens (including phenoxy) is 1. The molecule has 7 rings (SSSR count). The Morgan fingerprint density at radius 3 is 2.13 bits per heavy atom. The van der Waals surface area contributed by atoms with E-state index >= 15 is 0 Å². The third-order valence-electron chi connectivity index (χ3n) is 9.91. The number of anilines is 2. The first kappa shape index (κ1) is 36.7. The van der Waals surface area contributed by atoms with Crippen LogP contribution < -0.4 is 10.1 Å². The van der Waals surface area contributed by atoms with Gasteiger partial charge in [0.25, 0.3) is 0 Å². The molecule has 2 nitrogen and oxygen atoms in total. The van der Waals surface area contributed by atoms with Crippen molar-refractivity contribution in [1.82, 2.24) is 0 Å². The molecule has 5 aromatic carbocycles. The van der Waals surface area contributed by atoms with Gasteiger partial charge in [-0.1, -0.05) is 161 Å². The van der Waals surface area contributed by atoms with E-state index in [1.807, 2.05) is 43.4 Å². The molecule has 1 N–H and O–H groups in total. The first-order valence-electron chi connectivity index (χ1n) is 18.4. The Bertz CT molecular complexity index is 2270. The van der Waals surface area contributed by atoms with Crippen LogP contribution in [0.5, 0.6) is 5.75 Å². The second-order valence-electron chi connectivity index (χ2n) is 13.8. The van der Waals surface area contributed by atoms with Crippen LogP contribution >= 0.6 is 0 Å². The van der Waals surface area contributed by atoms with Crippen LogP contribution in [0, 0.1) is 6.92 Å². The van der Waals surface area contributed by atoms with Crippen molar-refractivity contribution in [2.75, 3.05) is 5.32 Å². The lowest BCUT2D eigenvalue weighted by Crippen LogP contribution is -2.15. The fourth-order valence-corrected chi connectivity index (χ4v) is 7.21. The van der Waals surface area contributed by atoms with Gasteiger partial charge in [0.2, 0.25) is 0 Å². The van der Waals surface area contributed by atoms with Gasteiger partial charge in [0.1, 0.15) is 5.75 Å². The number of fused-ring (bicyclic) bond motifs is 5. The maximum Gasteiger partial charge on any atom is 0.142 e. The van der Waals surface area contributed by atoms with Crippen LogP contribution in [0.3, 0.4) is 0 Å². The summed E-state index contributed by atoms with van der Waals surface area (Å²) in [6.45, 7) is 18.9. The van der Waals surface area contributed by atoms with Crippen molar-refractivity contribution in [2.24, 2.45) is 0 Å². The van der Waals surface area contributed by atoms with Crippen molar-refractivity contribution < 1.29 is 4.74 Å². The zero-order chi connectivity index (χ0) is 37.4. The lowest BCUT2D eigenvalue weighted by atomic mass is 9.82. The highest BCUT2D eigenvalue weighted by atomic mass is 16.5. The summed E-state index contributed by atoms with van der Waals surface area (Å²) in [5.41, 5.74) is 16.8. The fraction of sp³-hybridized carbons (Fsp3) is 0.137. The van der Waals surface area contributed by atoms with E-state index in [9.17, 15) is 0 Å². The zero-order valence-corrected chi connectivity index (χ0v) is 31.6. The van der Waals surface area contributed by atoms with E-state index < -0.39 is 0 Å². The third-order valence-corrected chi connectivity index (χ3v) is 9.91. The Morgan fingerprint density at radius 2 is 1.45 bits per heavy atom. The number of aryl methyl sites for hydroxylation is 1. The minimum atomic E-state index is -0.00638. The van der Waals surface area contributed by atoms with Crippen molar-refractivity contribution in [3.05, 3.63) is 216 Å². The monoisotopic (exact) mass is 691 g/mol. The van der Waals surface area contributed by atoms with Gasteiger partial charge in [0.05, 0.1) is 6.26 Å². The maximum absolute atomic E-state index is 6.00. The fourth-order valence-electron chi connectivity index (χ4n) is 7.21. The molecule has 0 saturated heterocycles. The molecule has 0 aromatic heterocycles. The smallest absolute Gasteiger partial charge is 0.142 e. The number of allylic oxidation sites excluding steroid dienone is 10.